The Labute approximate surface area is 123 Å². The van der Waals surface area contributed by atoms with Gasteiger partial charge in [-0.3, -0.25) is 4.79 Å². The highest BCUT2D eigenvalue weighted by Gasteiger charge is 2.13. The molecule has 0 fully saturated rings. The van der Waals surface area contributed by atoms with Gasteiger partial charge in [-0.05, 0) is 52.4 Å². The molecule has 98 valence electrons. The van der Waals surface area contributed by atoms with Crippen molar-refractivity contribution >= 4 is 28.4 Å². The molecular weight excluding hydrogens is 361 g/mol. The number of Topliss-reactive ketones (excluding diaryl/α,β-unsaturated/α-hetero) is 1. The third-order valence-corrected chi connectivity index (χ3v) is 3.47. The van der Waals surface area contributed by atoms with Crippen LogP contribution in [0.5, 0.6) is 0 Å². The molecule has 0 N–H and O–H groups in total. The molecule has 0 spiro atoms. The third-order valence-electron chi connectivity index (χ3n) is 2.75. The first-order chi connectivity index (χ1) is 9.06. The summed E-state index contributed by atoms with van der Waals surface area (Å²) in [5.74, 6) is -1.54. The van der Waals surface area contributed by atoms with Gasteiger partial charge in [0.15, 0.2) is 0 Å². The number of halogens is 3. The summed E-state index contributed by atoms with van der Waals surface area (Å²) in [6.45, 7) is 0. The number of benzene rings is 2. The van der Waals surface area contributed by atoms with E-state index >= 15 is 0 Å². The van der Waals surface area contributed by atoms with Crippen molar-refractivity contribution in [3.63, 3.8) is 0 Å². The zero-order valence-electron chi connectivity index (χ0n) is 10.00. The van der Waals surface area contributed by atoms with Gasteiger partial charge in [0.2, 0.25) is 0 Å². The average molecular weight is 372 g/mol. The Bertz CT molecular complexity index is 573. The van der Waals surface area contributed by atoms with Crippen LogP contribution in [0, 0.1) is 15.2 Å². The quantitative estimate of drug-likeness (QED) is 0.744. The van der Waals surface area contributed by atoms with E-state index in [4.69, 9.17) is 0 Å². The van der Waals surface area contributed by atoms with Crippen molar-refractivity contribution in [2.75, 3.05) is 0 Å². The maximum Gasteiger partial charge on any atom is 0.141 e. The van der Waals surface area contributed by atoms with Crippen molar-refractivity contribution in [3.05, 3.63) is 68.8 Å². The van der Waals surface area contributed by atoms with Gasteiger partial charge in [-0.2, -0.15) is 0 Å². The van der Waals surface area contributed by atoms with E-state index in [1.165, 1.54) is 6.07 Å². The van der Waals surface area contributed by atoms with Crippen LogP contribution in [0.3, 0.4) is 0 Å². The second-order valence-electron chi connectivity index (χ2n) is 4.22. The monoisotopic (exact) mass is 372 g/mol. The van der Waals surface area contributed by atoms with E-state index < -0.39 is 11.6 Å². The van der Waals surface area contributed by atoms with Crippen LogP contribution in [-0.4, -0.2) is 5.78 Å². The summed E-state index contributed by atoms with van der Waals surface area (Å²) in [5, 5.41) is 0. The average Bonchev–Trinajstić information content (AvgIpc) is 2.37. The summed E-state index contributed by atoms with van der Waals surface area (Å²) < 4.78 is 27.9. The molecular formula is C15H11F2IO. The van der Waals surface area contributed by atoms with Crippen LogP contribution >= 0.6 is 22.6 Å². The SMILES string of the molecule is O=C(Cc1ccc(I)cc1)Cc1c(F)cccc1F. The normalized spacial score (nSPS) is 10.5. The fourth-order valence-corrected chi connectivity index (χ4v) is 2.15. The standard InChI is InChI=1S/C15H11F2IO/c16-14-2-1-3-15(17)13(14)9-12(19)8-10-4-6-11(18)7-5-10/h1-7H,8-9H2. The summed E-state index contributed by atoms with van der Waals surface area (Å²) in [6.07, 6.45) is -0.0326. The van der Waals surface area contributed by atoms with Crippen molar-refractivity contribution in [3.8, 4) is 0 Å². The predicted molar refractivity (Wildman–Crippen MR) is 77.9 cm³/mol. The van der Waals surface area contributed by atoms with Gasteiger partial charge >= 0.3 is 0 Å². The van der Waals surface area contributed by atoms with Gasteiger partial charge in [-0.15, -0.1) is 0 Å². The summed E-state index contributed by atoms with van der Waals surface area (Å²) in [4.78, 5) is 11.8. The predicted octanol–water partition coefficient (Wildman–Crippen LogP) is 3.92. The molecule has 0 aliphatic carbocycles. The van der Waals surface area contributed by atoms with Crippen molar-refractivity contribution in [2.45, 2.75) is 12.8 Å². The van der Waals surface area contributed by atoms with Crippen LogP contribution < -0.4 is 0 Å². The lowest BCUT2D eigenvalue weighted by Crippen LogP contribution is -2.09. The first-order valence-electron chi connectivity index (χ1n) is 5.75. The lowest BCUT2D eigenvalue weighted by molar-refractivity contribution is -0.117. The highest BCUT2D eigenvalue weighted by atomic mass is 127. The molecule has 4 heteroatoms. The molecule has 2 rings (SSSR count). The van der Waals surface area contributed by atoms with Gasteiger partial charge in [0.05, 0.1) is 0 Å². The maximum absolute atomic E-state index is 13.4. The summed E-state index contributed by atoms with van der Waals surface area (Å²) in [7, 11) is 0. The van der Waals surface area contributed by atoms with Crippen molar-refractivity contribution in [1.82, 2.24) is 0 Å². The second kappa shape index (κ2) is 6.23. The van der Waals surface area contributed by atoms with Gasteiger partial charge in [0.1, 0.15) is 17.4 Å². The van der Waals surface area contributed by atoms with E-state index in [2.05, 4.69) is 22.6 Å². The molecule has 0 heterocycles. The van der Waals surface area contributed by atoms with Crippen LogP contribution in [0.25, 0.3) is 0 Å². The highest BCUT2D eigenvalue weighted by Crippen LogP contribution is 2.14. The van der Waals surface area contributed by atoms with Crippen molar-refractivity contribution < 1.29 is 13.6 Å². The zero-order valence-corrected chi connectivity index (χ0v) is 12.2. The second-order valence-corrected chi connectivity index (χ2v) is 5.46. The van der Waals surface area contributed by atoms with Crippen molar-refractivity contribution in [2.24, 2.45) is 0 Å². The summed E-state index contributed by atoms with van der Waals surface area (Å²) in [6, 6.07) is 11.1. The Morgan fingerprint density at radius 2 is 1.53 bits per heavy atom. The molecule has 0 aliphatic rings. The Balaban J connectivity index is 2.07. The van der Waals surface area contributed by atoms with E-state index in [0.717, 1.165) is 21.3 Å². The smallest absolute Gasteiger partial charge is 0.141 e. The minimum atomic E-state index is -0.670. The van der Waals surface area contributed by atoms with Crippen molar-refractivity contribution in [1.29, 1.82) is 0 Å². The maximum atomic E-state index is 13.4. The van der Waals surface area contributed by atoms with Crippen LogP contribution in [-0.2, 0) is 17.6 Å². The number of hydrogen-bond donors (Lipinski definition) is 0. The zero-order chi connectivity index (χ0) is 13.8. The minimum Gasteiger partial charge on any atom is -0.299 e. The number of ketones is 1. The van der Waals surface area contributed by atoms with E-state index in [1.807, 2.05) is 24.3 Å². The topological polar surface area (TPSA) is 17.1 Å². The molecule has 2 aromatic carbocycles. The summed E-state index contributed by atoms with van der Waals surface area (Å²) in [5.41, 5.74) is 0.695. The van der Waals surface area contributed by atoms with Gasteiger partial charge < -0.3 is 0 Å². The minimum absolute atomic E-state index is 0.155. The Morgan fingerprint density at radius 1 is 0.947 bits per heavy atom. The molecule has 0 atom stereocenters. The molecule has 0 saturated heterocycles. The lowest BCUT2D eigenvalue weighted by Gasteiger charge is -2.05. The Kier molecular flexibility index (Phi) is 4.63. The third kappa shape index (κ3) is 3.83. The largest absolute Gasteiger partial charge is 0.299 e. The lowest BCUT2D eigenvalue weighted by atomic mass is 10.0. The molecule has 0 radical (unpaired) electrons. The van der Waals surface area contributed by atoms with Crippen LogP contribution in [0.15, 0.2) is 42.5 Å². The van der Waals surface area contributed by atoms with E-state index in [9.17, 15) is 13.6 Å². The van der Waals surface area contributed by atoms with Crippen LogP contribution in [0.4, 0.5) is 8.78 Å². The number of hydrogen-bond acceptors (Lipinski definition) is 1. The molecule has 0 saturated carbocycles. The fourth-order valence-electron chi connectivity index (χ4n) is 1.79. The number of rotatable bonds is 4. The first kappa shape index (κ1) is 14.1. The molecule has 0 bridgehead atoms. The molecule has 19 heavy (non-hydrogen) atoms. The van der Waals surface area contributed by atoms with Crippen LogP contribution in [0.2, 0.25) is 0 Å². The van der Waals surface area contributed by atoms with Gasteiger partial charge in [-0.1, -0.05) is 18.2 Å². The van der Waals surface area contributed by atoms with Gasteiger partial charge in [-0.25, -0.2) is 8.78 Å². The number of carbonyl (C=O) groups excluding carboxylic acids is 1. The fraction of sp³-hybridized carbons (Fsp3) is 0.133. The molecule has 0 amide bonds. The van der Waals surface area contributed by atoms with E-state index in [1.54, 1.807) is 0 Å². The molecule has 0 aromatic heterocycles. The Hall–Kier alpha value is -1.30. The molecule has 1 nitrogen and oxygen atoms in total. The van der Waals surface area contributed by atoms with E-state index in [-0.39, 0.29) is 24.2 Å². The van der Waals surface area contributed by atoms with Gasteiger partial charge in [0, 0.05) is 22.0 Å². The Morgan fingerprint density at radius 3 is 2.11 bits per heavy atom. The molecule has 0 aliphatic heterocycles. The van der Waals surface area contributed by atoms with Gasteiger partial charge in [0.25, 0.3) is 0 Å². The highest BCUT2D eigenvalue weighted by molar-refractivity contribution is 14.1. The first-order valence-corrected chi connectivity index (χ1v) is 6.83. The van der Waals surface area contributed by atoms with E-state index in [0.29, 0.717) is 0 Å². The molecule has 0 unspecified atom stereocenters. The van der Waals surface area contributed by atoms with Crippen LogP contribution in [0.1, 0.15) is 11.1 Å². The molecule has 2 aromatic rings. The number of carbonyl (C=O) groups is 1. The summed E-state index contributed by atoms with van der Waals surface area (Å²) >= 11 is 2.17.